The number of amides is 1. The molecule has 3 heterocycles. The number of fused-ring (bicyclic) bond motifs is 1. The second kappa shape index (κ2) is 8.56. The van der Waals surface area contributed by atoms with Crippen LogP contribution in [0.15, 0.2) is 28.8 Å². The van der Waals surface area contributed by atoms with Crippen LogP contribution in [0.5, 0.6) is 0 Å². The molecule has 2 aliphatic heterocycles. The Labute approximate surface area is 168 Å². The van der Waals surface area contributed by atoms with Crippen molar-refractivity contribution in [2.75, 3.05) is 40.5 Å². The normalized spacial score (nSPS) is 24.2. The quantitative estimate of drug-likeness (QED) is 0.694. The van der Waals surface area contributed by atoms with Crippen LogP contribution >= 0.6 is 0 Å². The number of benzene rings is 1. The lowest BCUT2D eigenvalue weighted by Crippen LogP contribution is -2.37. The monoisotopic (exact) mass is 404 g/mol. The molecule has 8 nitrogen and oxygen atoms in total. The van der Waals surface area contributed by atoms with Gasteiger partial charge in [0.15, 0.2) is 5.82 Å². The fourth-order valence-corrected chi connectivity index (χ4v) is 4.58. The molecule has 9 heteroatoms. The molecule has 0 bridgehead atoms. The molecule has 0 radical (unpaired) electrons. The van der Waals surface area contributed by atoms with Gasteiger partial charge in [0.05, 0.1) is 12.6 Å². The van der Waals surface area contributed by atoms with E-state index in [2.05, 4.69) is 15.0 Å². The van der Waals surface area contributed by atoms with Crippen molar-refractivity contribution in [1.29, 1.82) is 0 Å². The number of carbonyl (C=O) groups is 1. The molecule has 29 heavy (non-hydrogen) atoms. The van der Waals surface area contributed by atoms with Crippen LogP contribution in [-0.2, 0) is 27.4 Å². The first kappa shape index (κ1) is 19.9. The summed E-state index contributed by atoms with van der Waals surface area (Å²) < 4.78 is 29.3. The van der Waals surface area contributed by atoms with Crippen molar-refractivity contribution < 1.29 is 23.2 Å². The number of hydrogen-bond acceptors (Lipinski definition) is 7. The van der Waals surface area contributed by atoms with E-state index >= 15 is 0 Å². The Balaban J connectivity index is 1.51. The second-order valence-corrected chi connectivity index (χ2v) is 7.63. The zero-order valence-corrected chi connectivity index (χ0v) is 16.6. The highest BCUT2D eigenvalue weighted by Gasteiger charge is 2.49. The third kappa shape index (κ3) is 4.17. The number of methoxy groups -OCH3 is 2. The molecule has 3 atom stereocenters. The van der Waals surface area contributed by atoms with Gasteiger partial charge in [0.2, 0.25) is 11.8 Å². The number of aromatic nitrogens is 2. The molecule has 2 aliphatic rings. The predicted molar refractivity (Wildman–Crippen MR) is 100.0 cm³/mol. The van der Waals surface area contributed by atoms with Gasteiger partial charge in [-0.25, -0.2) is 4.39 Å². The molecule has 2 aromatic rings. The molecular formula is C20H25FN4O4. The van der Waals surface area contributed by atoms with E-state index in [1.165, 1.54) is 19.2 Å². The second-order valence-electron chi connectivity index (χ2n) is 7.63. The van der Waals surface area contributed by atoms with Gasteiger partial charge in [-0.2, -0.15) is 4.98 Å². The van der Waals surface area contributed by atoms with Gasteiger partial charge in [-0.3, -0.25) is 9.69 Å². The Morgan fingerprint density at radius 1 is 1.28 bits per heavy atom. The van der Waals surface area contributed by atoms with Gasteiger partial charge in [-0.15, -0.1) is 0 Å². The van der Waals surface area contributed by atoms with Crippen LogP contribution in [0.2, 0.25) is 0 Å². The summed E-state index contributed by atoms with van der Waals surface area (Å²) in [4.78, 5) is 21.1. The van der Waals surface area contributed by atoms with Crippen LogP contribution in [0.1, 0.15) is 23.3 Å². The smallest absolute Gasteiger partial charge is 0.249 e. The van der Waals surface area contributed by atoms with Gasteiger partial charge in [0, 0.05) is 39.8 Å². The van der Waals surface area contributed by atoms with E-state index < -0.39 is 0 Å². The zero-order valence-electron chi connectivity index (χ0n) is 16.6. The van der Waals surface area contributed by atoms with Crippen molar-refractivity contribution in [2.45, 2.75) is 19.2 Å². The van der Waals surface area contributed by atoms with Crippen LogP contribution in [0, 0.1) is 17.7 Å². The highest BCUT2D eigenvalue weighted by Crippen LogP contribution is 2.45. The molecule has 156 valence electrons. The topological polar surface area (TPSA) is 80.9 Å². The molecule has 1 aromatic heterocycles. The van der Waals surface area contributed by atoms with Crippen LogP contribution in [0.25, 0.3) is 0 Å². The lowest BCUT2D eigenvalue weighted by Gasteiger charge is -2.29. The molecule has 1 aromatic carbocycles. The molecule has 2 fully saturated rings. The molecule has 0 spiro atoms. The van der Waals surface area contributed by atoms with Crippen molar-refractivity contribution in [1.82, 2.24) is 19.9 Å². The van der Waals surface area contributed by atoms with Crippen molar-refractivity contribution >= 4 is 5.91 Å². The van der Waals surface area contributed by atoms with E-state index in [9.17, 15) is 9.18 Å². The van der Waals surface area contributed by atoms with E-state index in [0.717, 1.165) is 18.7 Å². The molecule has 0 N–H and O–H groups in total. The predicted octanol–water partition coefficient (Wildman–Crippen LogP) is 1.63. The average molecular weight is 404 g/mol. The molecule has 1 amide bonds. The maximum Gasteiger partial charge on any atom is 0.249 e. The molecular weight excluding hydrogens is 379 g/mol. The minimum Gasteiger partial charge on any atom is -0.377 e. The maximum absolute atomic E-state index is 13.9. The summed E-state index contributed by atoms with van der Waals surface area (Å²) in [6.07, 6.45) is 0. The summed E-state index contributed by atoms with van der Waals surface area (Å²) >= 11 is 0. The highest BCUT2D eigenvalue weighted by molar-refractivity contribution is 5.78. The zero-order chi connectivity index (χ0) is 20.4. The van der Waals surface area contributed by atoms with Gasteiger partial charge in [0.25, 0.3) is 0 Å². The first-order valence-corrected chi connectivity index (χ1v) is 9.65. The first-order valence-electron chi connectivity index (χ1n) is 9.65. The number of nitrogens with zero attached hydrogens (tertiary/aromatic N) is 4. The van der Waals surface area contributed by atoms with E-state index in [-0.39, 0.29) is 30.3 Å². The number of hydrogen-bond donors (Lipinski definition) is 0. The van der Waals surface area contributed by atoms with E-state index in [1.807, 2.05) is 11.0 Å². The van der Waals surface area contributed by atoms with Gasteiger partial charge in [0.1, 0.15) is 19.0 Å². The van der Waals surface area contributed by atoms with Crippen molar-refractivity contribution in [3.63, 3.8) is 0 Å². The van der Waals surface area contributed by atoms with Crippen LogP contribution in [0.3, 0.4) is 0 Å². The minimum atomic E-state index is -0.295. The number of carbonyl (C=O) groups excluding carboxylic acids is 1. The third-order valence-electron chi connectivity index (χ3n) is 5.66. The third-order valence-corrected chi connectivity index (χ3v) is 5.66. The summed E-state index contributed by atoms with van der Waals surface area (Å²) in [5, 5.41) is 3.90. The Bertz CT molecular complexity index is 861. The fourth-order valence-electron chi connectivity index (χ4n) is 4.58. The Kier molecular flexibility index (Phi) is 5.89. The SMILES string of the molecule is COCC(=O)N1C[C@H]2CN(Cc3nc(COC)no3)C[C@H]2[C@@H]1c1cccc(F)c1. The van der Waals surface area contributed by atoms with Crippen LogP contribution in [0.4, 0.5) is 4.39 Å². The molecule has 0 unspecified atom stereocenters. The molecule has 0 aliphatic carbocycles. The molecule has 0 saturated carbocycles. The summed E-state index contributed by atoms with van der Waals surface area (Å²) in [5.41, 5.74) is 0.823. The first-order chi connectivity index (χ1) is 14.1. The number of ether oxygens (including phenoxy) is 2. The summed E-state index contributed by atoms with van der Waals surface area (Å²) in [6.45, 7) is 3.10. The number of halogens is 1. The van der Waals surface area contributed by atoms with Gasteiger partial charge >= 0.3 is 0 Å². The lowest BCUT2D eigenvalue weighted by atomic mass is 9.89. The van der Waals surface area contributed by atoms with E-state index in [0.29, 0.717) is 37.3 Å². The Morgan fingerprint density at radius 3 is 2.90 bits per heavy atom. The van der Waals surface area contributed by atoms with Crippen molar-refractivity contribution in [2.24, 2.45) is 11.8 Å². The van der Waals surface area contributed by atoms with Crippen LogP contribution < -0.4 is 0 Å². The van der Waals surface area contributed by atoms with Gasteiger partial charge < -0.3 is 18.9 Å². The van der Waals surface area contributed by atoms with Gasteiger partial charge in [-0.1, -0.05) is 17.3 Å². The minimum absolute atomic E-state index is 0.0270. The van der Waals surface area contributed by atoms with Crippen molar-refractivity contribution in [3.8, 4) is 0 Å². The number of likely N-dealkylation sites (tertiary alicyclic amines) is 2. The Hall–Kier alpha value is -2.36. The van der Waals surface area contributed by atoms with E-state index in [4.69, 9.17) is 14.0 Å². The van der Waals surface area contributed by atoms with Crippen molar-refractivity contribution in [3.05, 3.63) is 47.4 Å². The molecule has 2 saturated heterocycles. The Morgan fingerprint density at radius 2 is 2.14 bits per heavy atom. The van der Waals surface area contributed by atoms with Gasteiger partial charge in [-0.05, 0) is 23.6 Å². The molecule has 4 rings (SSSR count). The van der Waals surface area contributed by atoms with Crippen LogP contribution in [-0.4, -0.2) is 66.3 Å². The standard InChI is InChI=1S/C20H25FN4O4/c1-27-11-17-22-18(29-23-17)10-24-7-14-8-25(19(26)12-28-2)20(16(14)9-24)13-4-3-5-15(21)6-13/h3-6,14,16,20H,7-12H2,1-2H3/t14-,16-,20+/m1/s1. The maximum atomic E-state index is 13.9. The average Bonchev–Trinajstić information content (AvgIpc) is 3.37. The summed E-state index contributed by atoms with van der Waals surface area (Å²) in [5.74, 6) is 1.22. The summed E-state index contributed by atoms with van der Waals surface area (Å²) in [6, 6.07) is 6.36. The number of rotatable bonds is 7. The lowest BCUT2D eigenvalue weighted by molar-refractivity contribution is -0.136. The summed E-state index contributed by atoms with van der Waals surface area (Å²) in [7, 11) is 3.09. The highest BCUT2D eigenvalue weighted by atomic mass is 19.1. The largest absolute Gasteiger partial charge is 0.377 e. The van der Waals surface area contributed by atoms with E-state index in [1.54, 1.807) is 13.2 Å². The fraction of sp³-hybridized carbons (Fsp3) is 0.550.